The first kappa shape index (κ1) is 12.2. The van der Waals surface area contributed by atoms with Gasteiger partial charge in [-0.05, 0) is 45.7 Å². The number of rotatable bonds is 4. The van der Waals surface area contributed by atoms with Crippen molar-refractivity contribution in [2.75, 3.05) is 19.6 Å². The van der Waals surface area contributed by atoms with Crippen LogP contribution in [0.15, 0.2) is 17.1 Å². The third-order valence-electron chi connectivity index (χ3n) is 3.18. The molecule has 0 saturated carbocycles. The standard InChI is InChI=1S/C12H20N2O/c1-10(2)14-6-4-12(5-7-14)11(3)8-13-9-15/h10,12H,3-8H2,1-2H3. The molecule has 1 saturated heterocycles. The molecule has 0 aliphatic carbocycles. The van der Waals surface area contributed by atoms with E-state index in [2.05, 4.69) is 30.3 Å². The van der Waals surface area contributed by atoms with Crippen molar-refractivity contribution in [1.29, 1.82) is 0 Å². The zero-order valence-corrected chi connectivity index (χ0v) is 9.70. The lowest BCUT2D eigenvalue weighted by molar-refractivity contribution is 0.160. The zero-order chi connectivity index (χ0) is 11.3. The van der Waals surface area contributed by atoms with Crippen molar-refractivity contribution in [1.82, 2.24) is 4.90 Å². The number of likely N-dealkylation sites (tertiary alicyclic amines) is 1. The molecule has 15 heavy (non-hydrogen) atoms. The maximum atomic E-state index is 9.99. The van der Waals surface area contributed by atoms with Gasteiger partial charge in [0.05, 0.1) is 6.54 Å². The monoisotopic (exact) mass is 208 g/mol. The summed E-state index contributed by atoms with van der Waals surface area (Å²) in [5, 5.41) is 0. The lowest BCUT2D eigenvalue weighted by Gasteiger charge is -2.35. The van der Waals surface area contributed by atoms with E-state index < -0.39 is 0 Å². The van der Waals surface area contributed by atoms with E-state index in [1.54, 1.807) is 6.08 Å². The van der Waals surface area contributed by atoms with Crippen molar-refractivity contribution in [3.8, 4) is 0 Å². The molecule has 1 rings (SSSR count). The fraction of sp³-hybridized carbons (Fsp3) is 0.750. The van der Waals surface area contributed by atoms with E-state index in [1.807, 2.05) is 0 Å². The molecule has 1 aliphatic heterocycles. The minimum Gasteiger partial charge on any atom is -0.301 e. The van der Waals surface area contributed by atoms with E-state index in [0.29, 0.717) is 18.5 Å². The minimum atomic E-state index is 0.454. The zero-order valence-electron chi connectivity index (χ0n) is 9.70. The average Bonchev–Trinajstić information content (AvgIpc) is 2.26. The Morgan fingerprint density at radius 2 is 2.13 bits per heavy atom. The summed E-state index contributed by atoms with van der Waals surface area (Å²) >= 11 is 0. The quantitative estimate of drug-likeness (QED) is 0.402. The van der Waals surface area contributed by atoms with Crippen LogP contribution in [-0.4, -0.2) is 36.7 Å². The normalized spacial score (nSPS) is 18.9. The Hall–Kier alpha value is -0.920. The number of carbonyl (C=O) groups excluding carboxylic acids is 1. The topological polar surface area (TPSA) is 32.7 Å². The Kier molecular flexibility index (Phi) is 4.73. The van der Waals surface area contributed by atoms with Crippen LogP contribution in [0.5, 0.6) is 0 Å². The SMILES string of the molecule is C=C(CN=C=O)C1CCN(C(C)C)CC1. The van der Waals surface area contributed by atoms with Crippen LogP contribution in [0.25, 0.3) is 0 Å². The Morgan fingerprint density at radius 3 is 2.60 bits per heavy atom. The van der Waals surface area contributed by atoms with Crippen molar-refractivity contribution in [2.45, 2.75) is 32.7 Å². The van der Waals surface area contributed by atoms with Gasteiger partial charge in [-0.15, -0.1) is 0 Å². The molecule has 0 bridgehead atoms. The van der Waals surface area contributed by atoms with Crippen LogP contribution in [0, 0.1) is 5.92 Å². The van der Waals surface area contributed by atoms with E-state index in [0.717, 1.165) is 31.5 Å². The molecular weight excluding hydrogens is 188 g/mol. The molecule has 0 atom stereocenters. The largest absolute Gasteiger partial charge is 0.301 e. The van der Waals surface area contributed by atoms with Crippen molar-refractivity contribution >= 4 is 6.08 Å². The molecule has 0 aromatic rings. The van der Waals surface area contributed by atoms with Gasteiger partial charge < -0.3 is 4.90 Å². The molecule has 1 aliphatic rings. The molecule has 1 heterocycles. The van der Waals surface area contributed by atoms with Crippen molar-refractivity contribution in [3.05, 3.63) is 12.2 Å². The van der Waals surface area contributed by atoms with E-state index >= 15 is 0 Å². The highest BCUT2D eigenvalue weighted by Gasteiger charge is 2.22. The molecule has 0 amide bonds. The van der Waals surface area contributed by atoms with E-state index in [9.17, 15) is 4.79 Å². The molecular formula is C12H20N2O. The highest BCUT2D eigenvalue weighted by Crippen LogP contribution is 2.24. The lowest BCUT2D eigenvalue weighted by Crippen LogP contribution is -2.38. The first-order chi connectivity index (χ1) is 7.15. The molecule has 0 radical (unpaired) electrons. The highest BCUT2D eigenvalue weighted by molar-refractivity contribution is 5.33. The number of piperidine rings is 1. The summed E-state index contributed by atoms with van der Waals surface area (Å²) in [6, 6.07) is 0.632. The summed E-state index contributed by atoms with van der Waals surface area (Å²) in [6.45, 7) is 11.2. The summed E-state index contributed by atoms with van der Waals surface area (Å²) in [7, 11) is 0. The van der Waals surface area contributed by atoms with E-state index in [4.69, 9.17) is 0 Å². The Labute approximate surface area is 91.9 Å². The molecule has 3 nitrogen and oxygen atoms in total. The number of hydrogen-bond acceptors (Lipinski definition) is 3. The molecule has 0 spiro atoms. The first-order valence-electron chi connectivity index (χ1n) is 5.60. The average molecular weight is 208 g/mol. The van der Waals surface area contributed by atoms with Gasteiger partial charge in [0.2, 0.25) is 6.08 Å². The molecule has 0 unspecified atom stereocenters. The van der Waals surface area contributed by atoms with Gasteiger partial charge in [0.1, 0.15) is 0 Å². The highest BCUT2D eigenvalue weighted by atomic mass is 16.1. The molecule has 0 N–H and O–H groups in total. The van der Waals surface area contributed by atoms with Crippen LogP contribution in [0.3, 0.4) is 0 Å². The molecule has 0 aromatic carbocycles. The summed E-state index contributed by atoms with van der Waals surface area (Å²) in [4.78, 5) is 16.1. The van der Waals surface area contributed by atoms with Crippen molar-refractivity contribution < 1.29 is 4.79 Å². The van der Waals surface area contributed by atoms with Crippen LogP contribution >= 0.6 is 0 Å². The Bertz CT molecular complexity index is 259. The van der Waals surface area contributed by atoms with Gasteiger partial charge in [-0.25, -0.2) is 9.79 Å². The van der Waals surface area contributed by atoms with E-state index in [1.165, 1.54) is 0 Å². The molecule has 1 fully saturated rings. The molecule has 0 aromatic heterocycles. The van der Waals surface area contributed by atoms with Crippen LogP contribution in [-0.2, 0) is 4.79 Å². The van der Waals surface area contributed by atoms with Gasteiger partial charge in [-0.2, -0.15) is 0 Å². The number of aliphatic imine (C=N–C) groups is 1. The Morgan fingerprint density at radius 1 is 1.53 bits per heavy atom. The minimum absolute atomic E-state index is 0.454. The number of nitrogens with zero attached hydrogens (tertiary/aromatic N) is 2. The third-order valence-corrected chi connectivity index (χ3v) is 3.18. The van der Waals surface area contributed by atoms with Gasteiger partial charge in [-0.3, -0.25) is 0 Å². The summed E-state index contributed by atoms with van der Waals surface area (Å²) < 4.78 is 0. The second-order valence-corrected chi connectivity index (χ2v) is 4.47. The summed E-state index contributed by atoms with van der Waals surface area (Å²) in [5.41, 5.74) is 1.08. The fourth-order valence-corrected chi connectivity index (χ4v) is 2.09. The van der Waals surface area contributed by atoms with Gasteiger partial charge in [-0.1, -0.05) is 12.2 Å². The molecule has 84 valence electrons. The van der Waals surface area contributed by atoms with Gasteiger partial charge >= 0.3 is 0 Å². The van der Waals surface area contributed by atoms with Gasteiger partial charge in [0.15, 0.2) is 0 Å². The molecule has 3 heteroatoms. The summed E-state index contributed by atoms with van der Waals surface area (Å²) in [6.07, 6.45) is 3.86. The third kappa shape index (κ3) is 3.61. The van der Waals surface area contributed by atoms with Crippen molar-refractivity contribution in [3.63, 3.8) is 0 Å². The maximum Gasteiger partial charge on any atom is 0.235 e. The maximum absolute atomic E-state index is 9.99. The second-order valence-electron chi connectivity index (χ2n) is 4.47. The van der Waals surface area contributed by atoms with Crippen LogP contribution in [0.4, 0.5) is 0 Å². The number of hydrogen-bond donors (Lipinski definition) is 0. The lowest BCUT2D eigenvalue weighted by atomic mass is 9.89. The van der Waals surface area contributed by atoms with Gasteiger partial charge in [0.25, 0.3) is 0 Å². The summed E-state index contributed by atoms with van der Waals surface area (Å²) in [5.74, 6) is 0.539. The van der Waals surface area contributed by atoms with Crippen LogP contribution < -0.4 is 0 Å². The van der Waals surface area contributed by atoms with Gasteiger partial charge in [0, 0.05) is 6.04 Å². The predicted molar refractivity (Wildman–Crippen MR) is 61.6 cm³/mol. The van der Waals surface area contributed by atoms with Crippen LogP contribution in [0.1, 0.15) is 26.7 Å². The fourth-order valence-electron chi connectivity index (χ4n) is 2.09. The Balaban J connectivity index is 2.36. The first-order valence-corrected chi connectivity index (χ1v) is 5.60. The van der Waals surface area contributed by atoms with E-state index in [-0.39, 0.29) is 0 Å². The number of isocyanates is 1. The second kappa shape index (κ2) is 5.84. The predicted octanol–water partition coefficient (Wildman–Crippen LogP) is 2.00. The van der Waals surface area contributed by atoms with Crippen LogP contribution in [0.2, 0.25) is 0 Å². The smallest absolute Gasteiger partial charge is 0.235 e. The van der Waals surface area contributed by atoms with Crippen molar-refractivity contribution in [2.24, 2.45) is 10.9 Å².